The fourth-order valence-corrected chi connectivity index (χ4v) is 2.16. The summed E-state index contributed by atoms with van der Waals surface area (Å²) in [5.74, 6) is 0.386. The smallest absolute Gasteiger partial charge is 0.298 e. The van der Waals surface area contributed by atoms with Crippen LogP contribution in [0, 0.1) is 0 Å². The van der Waals surface area contributed by atoms with Crippen molar-refractivity contribution in [2.75, 3.05) is 18.1 Å². The first kappa shape index (κ1) is 13.2. The van der Waals surface area contributed by atoms with Gasteiger partial charge in [-0.1, -0.05) is 0 Å². The van der Waals surface area contributed by atoms with E-state index in [-0.39, 0.29) is 5.82 Å². The van der Waals surface area contributed by atoms with Gasteiger partial charge in [-0.15, -0.1) is 0 Å². The average molecular weight is 280 g/mol. The van der Waals surface area contributed by atoms with Gasteiger partial charge in [0.05, 0.1) is 0 Å². The van der Waals surface area contributed by atoms with Gasteiger partial charge in [0.2, 0.25) is 0 Å². The first-order valence-electron chi connectivity index (χ1n) is 5.29. The Morgan fingerprint density at radius 3 is 2.63 bits per heavy atom. The minimum absolute atomic E-state index is 0.242. The number of nitrogen functional groups attached to an aromatic ring is 1. The van der Waals surface area contributed by atoms with E-state index >= 15 is 0 Å². The Morgan fingerprint density at radius 1 is 1.26 bits per heavy atom. The molecule has 2 heterocycles. The van der Waals surface area contributed by atoms with E-state index in [2.05, 4.69) is 15.3 Å². The van der Waals surface area contributed by atoms with Crippen LogP contribution in [0.25, 0.3) is 11.1 Å². The van der Waals surface area contributed by atoms with Gasteiger partial charge in [0.1, 0.15) is 16.5 Å². The Kier molecular flexibility index (Phi) is 3.36. The summed E-state index contributed by atoms with van der Waals surface area (Å²) in [5, 5.41) is 2.87. The Bertz CT molecular complexity index is 716. The monoisotopic (exact) mass is 280 g/mol. The molecule has 100 valence electrons. The zero-order valence-electron chi connectivity index (χ0n) is 10.0. The van der Waals surface area contributed by atoms with Crippen LogP contribution in [0.15, 0.2) is 35.5 Å². The number of nitrogens with one attached hydrogen (secondary N) is 1. The minimum Gasteiger partial charge on any atom is -0.383 e. The Morgan fingerprint density at radius 2 is 2.00 bits per heavy atom. The van der Waals surface area contributed by atoms with Gasteiger partial charge in [0.25, 0.3) is 10.1 Å². The van der Waals surface area contributed by atoms with Gasteiger partial charge in [-0.3, -0.25) is 4.55 Å². The highest BCUT2D eigenvalue weighted by Crippen LogP contribution is 2.25. The largest absolute Gasteiger partial charge is 0.383 e. The van der Waals surface area contributed by atoms with Crippen LogP contribution in [0.4, 0.5) is 11.6 Å². The van der Waals surface area contributed by atoms with Crippen molar-refractivity contribution in [2.45, 2.75) is 4.90 Å². The molecule has 0 fully saturated rings. The van der Waals surface area contributed by atoms with Crippen molar-refractivity contribution in [1.82, 2.24) is 9.97 Å². The number of hydrogen-bond donors (Lipinski definition) is 3. The van der Waals surface area contributed by atoms with E-state index in [0.29, 0.717) is 16.9 Å². The standard InChI is InChI=1S/C11H12N4O3S/c1-13-10-5-7(2-3-14-10)8-4-9(19(16,17)18)11(12)15-6-8/h2-6H,1H3,(H2,12,15)(H,13,14)(H,16,17,18). The molecule has 2 rings (SSSR count). The molecule has 0 unspecified atom stereocenters. The molecule has 0 aliphatic heterocycles. The number of aromatic nitrogens is 2. The lowest BCUT2D eigenvalue weighted by molar-refractivity contribution is 0.483. The summed E-state index contributed by atoms with van der Waals surface area (Å²) in [6.45, 7) is 0. The number of nitrogens with zero attached hydrogens (tertiary/aromatic N) is 2. The molecule has 0 radical (unpaired) electrons. The summed E-state index contributed by atoms with van der Waals surface area (Å²) in [4.78, 5) is 7.41. The molecule has 7 nitrogen and oxygen atoms in total. The molecule has 0 saturated heterocycles. The van der Waals surface area contributed by atoms with Gasteiger partial charge >= 0.3 is 0 Å². The topological polar surface area (TPSA) is 118 Å². The number of rotatable bonds is 3. The third-order valence-electron chi connectivity index (χ3n) is 2.51. The maximum absolute atomic E-state index is 11.2. The highest BCUT2D eigenvalue weighted by molar-refractivity contribution is 7.86. The molecule has 0 saturated carbocycles. The SMILES string of the molecule is CNc1cc(-c2cnc(N)c(S(=O)(=O)O)c2)ccn1. The van der Waals surface area contributed by atoms with Crippen LogP contribution in [-0.4, -0.2) is 30.0 Å². The number of anilines is 2. The van der Waals surface area contributed by atoms with E-state index in [0.717, 1.165) is 0 Å². The Labute approximate surface area is 110 Å². The second-order valence-electron chi connectivity index (χ2n) is 3.76. The summed E-state index contributed by atoms with van der Waals surface area (Å²) >= 11 is 0. The molecule has 0 bridgehead atoms. The van der Waals surface area contributed by atoms with Gasteiger partial charge in [0, 0.05) is 25.0 Å². The number of pyridine rings is 2. The molecule has 19 heavy (non-hydrogen) atoms. The molecule has 0 atom stereocenters. The molecular formula is C11H12N4O3S. The number of nitrogens with two attached hydrogens (primary N) is 1. The van der Waals surface area contributed by atoms with E-state index in [1.807, 2.05) is 0 Å². The van der Waals surface area contributed by atoms with Gasteiger partial charge in [-0.05, 0) is 23.8 Å². The summed E-state index contributed by atoms with van der Waals surface area (Å²) in [5.41, 5.74) is 6.65. The summed E-state index contributed by atoms with van der Waals surface area (Å²) in [7, 11) is -2.68. The van der Waals surface area contributed by atoms with Crippen LogP contribution >= 0.6 is 0 Å². The third kappa shape index (κ3) is 2.80. The normalized spacial score (nSPS) is 11.3. The van der Waals surface area contributed by atoms with E-state index < -0.39 is 15.0 Å². The highest BCUT2D eigenvalue weighted by Gasteiger charge is 2.16. The van der Waals surface area contributed by atoms with Gasteiger partial charge in [0.15, 0.2) is 0 Å². The van der Waals surface area contributed by atoms with Crippen LogP contribution in [-0.2, 0) is 10.1 Å². The predicted molar refractivity (Wildman–Crippen MR) is 71.2 cm³/mol. The second-order valence-corrected chi connectivity index (χ2v) is 5.15. The predicted octanol–water partition coefficient (Wildman–Crippen LogP) is 1.01. The van der Waals surface area contributed by atoms with Crippen molar-refractivity contribution in [3.8, 4) is 11.1 Å². The van der Waals surface area contributed by atoms with Crippen molar-refractivity contribution < 1.29 is 13.0 Å². The molecule has 0 aliphatic rings. The molecular weight excluding hydrogens is 268 g/mol. The van der Waals surface area contributed by atoms with Crippen molar-refractivity contribution in [2.24, 2.45) is 0 Å². The molecule has 8 heteroatoms. The minimum atomic E-state index is -4.40. The van der Waals surface area contributed by atoms with Crippen molar-refractivity contribution in [3.05, 3.63) is 30.6 Å². The van der Waals surface area contributed by atoms with Crippen molar-refractivity contribution >= 4 is 21.8 Å². The fraction of sp³-hybridized carbons (Fsp3) is 0.0909. The second kappa shape index (κ2) is 4.82. The Balaban J connectivity index is 2.57. The molecule has 2 aromatic rings. The lowest BCUT2D eigenvalue weighted by Crippen LogP contribution is -2.05. The van der Waals surface area contributed by atoms with Gasteiger partial charge in [-0.25, -0.2) is 9.97 Å². The number of hydrogen-bond acceptors (Lipinski definition) is 6. The van der Waals surface area contributed by atoms with Crippen LogP contribution in [0.5, 0.6) is 0 Å². The highest BCUT2D eigenvalue weighted by atomic mass is 32.2. The van der Waals surface area contributed by atoms with Crippen LogP contribution in [0.1, 0.15) is 0 Å². The molecule has 2 aromatic heterocycles. The summed E-state index contributed by atoms with van der Waals surface area (Å²) < 4.78 is 31.4. The van der Waals surface area contributed by atoms with E-state index in [9.17, 15) is 8.42 Å². The maximum Gasteiger partial charge on any atom is 0.298 e. The first-order valence-corrected chi connectivity index (χ1v) is 6.73. The lowest BCUT2D eigenvalue weighted by Gasteiger charge is -2.07. The first-order chi connectivity index (χ1) is 8.91. The zero-order chi connectivity index (χ0) is 14.0. The van der Waals surface area contributed by atoms with Crippen LogP contribution in [0.3, 0.4) is 0 Å². The van der Waals surface area contributed by atoms with Crippen LogP contribution in [0.2, 0.25) is 0 Å². The van der Waals surface area contributed by atoms with E-state index in [1.165, 1.54) is 12.3 Å². The van der Waals surface area contributed by atoms with Crippen molar-refractivity contribution in [3.63, 3.8) is 0 Å². The zero-order valence-corrected chi connectivity index (χ0v) is 10.8. The van der Waals surface area contributed by atoms with E-state index in [4.69, 9.17) is 10.3 Å². The van der Waals surface area contributed by atoms with E-state index in [1.54, 1.807) is 25.4 Å². The van der Waals surface area contributed by atoms with Crippen molar-refractivity contribution in [1.29, 1.82) is 0 Å². The molecule has 0 amide bonds. The molecule has 4 N–H and O–H groups in total. The Hall–Kier alpha value is -2.19. The summed E-state index contributed by atoms with van der Waals surface area (Å²) in [6.07, 6.45) is 3.00. The maximum atomic E-state index is 11.2. The van der Waals surface area contributed by atoms with Crippen LogP contribution < -0.4 is 11.1 Å². The lowest BCUT2D eigenvalue weighted by atomic mass is 10.1. The quantitative estimate of drug-likeness (QED) is 0.718. The molecule has 0 aliphatic carbocycles. The average Bonchev–Trinajstić information content (AvgIpc) is 2.38. The van der Waals surface area contributed by atoms with Gasteiger partial charge < -0.3 is 11.1 Å². The molecule has 0 spiro atoms. The fourth-order valence-electron chi connectivity index (χ4n) is 1.57. The van der Waals surface area contributed by atoms with Gasteiger partial charge in [-0.2, -0.15) is 8.42 Å². The third-order valence-corrected chi connectivity index (χ3v) is 3.39. The summed E-state index contributed by atoms with van der Waals surface area (Å²) in [6, 6.07) is 4.69. The molecule has 0 aromatic carbocycles.